The van der Waals surface area contributed by atoms with E-state index in [0.717, 1.165) is 18.5 Å². The van der Waals surface area contributed by atoms with E-state index in [-0.39, 0.29) is 12.1 Å². The fourth-order valence-electron chi connectivity index (χ4n) is 1.77. The first kappa shape index (κ1) is 16.3. The van der Waals surface area contributed by atoms with Crippen LogP contribution in [0.5, 0.6) is 0 Å². The molecule has 1 saturated heterocycles. The van der Waals surface area contributed by atoms with E-state index in [1.807, 2.05) is 20.8 Å². The molecule has 1 fully saturated rings. The molecule has 110 valence electrons. The topological polar surface area (TPSA) is 49.9 Å². The maximum Gasteiger partial charge on any atom is 0.410 e. The van der Waals surface area contributed by atoms with Crippen LogP contribution in [0, 0.1) is 0 Å². The number of nitrogens with zero attached hydrogens (tertiary/aromatic N) is 2. The highest BCUT2D eigenvalue weighted by Gasteiger charge is 2.31. The lowest BCUT2D eigenvalue weighted by Gasteiger charge is -2.38. The lowest BCUT2D eigenvalue weighted by Crippen LogP contribution is -2.53. The Kier molecular flexibility index (Phi) is 6.13. The predicted octanol–water partition coefficient (Wildman–Crippen LogP) is 2.16. The summed E-state index contributed by atoms with van der Waals surface area (Å²) < 4.78 is 7.40. The van der Waals surface area contributed by atoms with Crippen molar-refractivity contribution >= 4 is 24.3 Å². The normalized spacial score (nSPS) is 21.3. The largest absolute Gasteiger partial charge is 0.444 e. The maximum absolute atomic E-state index is 12.0. The zero-order valence-electron chi connectivity index (χ0n) is 12.2. The van der Waals surface area contributed by atoms with Crippen LogP contribution in [0.4, 0.5) is 4.79 Å². The van der Waals surface area contributed by atoms with Crippen molar-refractivity contribution in [1.29, 1.82) is 0 Å². The molecule has 0 aromatic carbocycles. The lowest BCUT2D eigenvalue weighted by molar-refractivity contribution is -0.112. The van der Waals surface area contributed by atoms with E-state index in [4.69, 9.17) is 4.74 Å². The summed E-state index contributed by atoms with van der Waals surface area (Å²) in [5.41, 5.74) is -0.498. The molecule has 1 aliphatic heterocycles. The van der Waals surface area contributed by atoms with Gasteiger partial charge in [0.05, 0.1) is 6.04 Å². The second kappa shape index (κ2) is 7.14. The molecular weight excluding hydrogens is 264 g/mol. The van der Waals surface area contributed by atoms with Crippen molar-refractivity contribution in [2.45, 2.75) is 45.8 Å². The Morgan fingerprint density at radius 1 is 1.42 bits per heavy atom. The first-order valence-corrected chi connectivity index (χ1v) is 7.64. The Morgan fingerprint density at radius 2 is 2.11 bits per heavy atom. The van der Waals surface area contributed by atoms with E-state index >= 15 is 0 Å². The lowest BCUT2D eigenvalue weighted by atomic mass is 10.2. The van der Waals surface area contributed by atoms with Crippen molar-refractivity contribution in [1.82, 2.24) is 9.21 Å². The van der Waals surface area contributed by atoms with Gasteiger partial charge in [0, 0.05) is 25.4 Å². The molecular formula is C13H24N2O3S. The predicted molar refractivity (Wildman–Crippen MR) is 77.1 cm³/mol. The summed E-state index contributed by atoms with van der Waals surface area (Å²) in [6.45, 7) is 9.36. The number of piperazine rings is 1. The van der Waals surface area contributed by atoms with Gasteiger partial charge in [-0.2, -0.15) is 0 Å². The standard InChI is InChI=1S/C13H24N2O3S/c1-5-8-19-15-7-6-14(9-11(15)10-16)12(17)18-13(2,3)4/h10-11H,5-9H2,1-4H3/t11-/m1/s1. The van der Waals surface area contributed by atoms with E-state index in [1.165, 1.54) is 0 Å². The molecule has 1 atom stereocenters. The summed E-state index contributed by atoms with van der Waals surface area (Å²) in [6.07, 6.45) is 1.65. The van der Waals surface area contributed by atoms with Crippen LogP contribution in [0.15, 0.2) is 0 Å². The SMILES string of the molecule is CCCSN1CCN(C(=O)OC(C)(C)C)C[C@@H]1C=O. The minimum atomic E-state index is -0.498. The van der Waals surface area contributed by atoms with E-state index in [0.29, 0.717) is 19.6 Å². The number of hydrogen-bond acceptors (Lipinski definition) is 5. The van der Waals surface area contributed by atoms with Gasteiger partial charge >= 0.3 is 6.09 Å². The Labute approximate surface area is 119 Å². The molecule has 0 aliphatic carbocycles. The van der Waals surface area contributed by atoms with Crippen LogP contribution in [-0.4, -0.2) is 58.6 Å². The molecule has 1 heterocycles. The van der Waals surface area contributed by atoms with E-state index in [1.54, 1.807) is 16.8 Å². The van der Waals surface area contributed by atoms with Crippen LogP contribution in [0.2, 0.25) is 0 Å². The zero-order valence-corrected chi connectivity index (χ0v) is 13.0. The average molecular weight is 288 g/mol. The number of aldehydes is 1. The van der Waals surface area contributed by atoms with Gasteiger partial charge < -0.3 is 14.4 Å². The van der Waals surface area contributed by atoms with E-state index in [2.05, 4.69) is 11.2 Å². The number of carbonyl (C=O) groups excluding carboxylic acids is 2. The third kappa shape index (κ3) is 5.40. The fraction of sp³-hybridized carbons (Fsp3) is 0.846. The summed E-state index contributed by atoms with van der Waals surface area (Å²) in [5, 5.41) is 0. The number of amides is 1. The highest BCUT2D eigenvalue weighted by Crippen LogP contribution is 2.20. The van der Waals surface area contributed by atoms with Gasteiger partial charge in [0.15, 0.2) is 0 Å². The molecule has 0 unspecified atom stereocenters. The summed E-state index contributed by atoms with van der Waals surface area (Å²) >= 11 is 1.68. The number of carbonyl (C=O) groups is 2. The molecule has 1 aliphatic rings. The molecule has 0 radical (unpaired) electrons. The Bertz CT molecular complexity index is 318. The molecule has 0 aromatic rings. The van der Waals surface area contributed by atoms with Gasteiger partial charge in [-0.15, -0.1) is 0 Å². The molecule has 6 heteroatoms. The van der Waals surface area contributed by atoms with Gasteiger partial charge in [0.25, 0.3) is 0 Å². The summed E-state index contributed by atoms with van der Waals surface area (Å²) in [5.74, 6) is 0.997. The Morgan fingerprint density at radius 3 is 2.63 bits per heavy atom. The van der Waals surface area contributed by atoms with Crippen LogP contribution in [0.3, 0.4) is 0 Å². The second-order valence-electron chi connectivity index (χ2n) is 5.60. The van der Waals surface area contributed by atoms with Crippen LogP contribution < -0.4 is 0 Å². The van der Waals surface area contributed by atoms with Crippen LogP contribution in [0.1, 0.15) is 34.1 Å². The molecule has 0 aromatic heterocycles. The van der Waals surface area contributed by atoms with Crippen molar-refractivity contribution in [2.24, 2.45) is 0 Å². The molecule has 19 heavy (non-hydrogen) atoms. The Balaban J connectivity index is 2.54. The minimum Gasteiger partial charge on any atom is -0.444 e. The second-order valence-corrected chi connectivity index (χ2v) is 6.74. The van der Waals surface area contributed by atoms with Crippen molar-refractivity contribution < 1.29 is 14.3 Å². The van der Waals surface area contributed by atoms with Crippen molar-refractivity contribution in [3.63, 3.8) is 0 Å². The third-order valence-corrected chi connectivity index (χ3v) is 4.01. The van der Waals surface area contributed by atoms with Gasteiger partial charge in [0.2, 0.25) is 0 Å². The third-order valence-electron chi connectivity index (χ3n) is 2.64. The highest BCUT2D eigenvalue weighted by molar-refractivity contribution is 7.97. The highest BCUT2D eigenvalue weighted by atomic mass is 32.2. The molecule has 0 spiro atoms. The first-order valence-electron chi connectivity index (χ1n) is 6.70. The molecule has 0 N–H and O–H groups in total. The molecule has 5 nitrogen and oxygen atoms in total. The van der Waals surface area contributed by atoms with Crippen molar-refractivity contribution in [2.75, 3.05) is 25.4 Å². The minimum absolute atomic E-state index is 0.238. The van der Waals surface area contributed by atoms with Crippen LogP contribution >= 0.6 is 11.9 Å². The van der Waals surface area contributed by atoms with E-state index < -0.39 is 5.60 Å². The van der Waals surface area contributed by atoms with Gasteiger partial charge in [0.1, 0.15) is 11.9 Å². The molecule has 1 amide bonds. The number of ether oxygens (including phenoxy) is 1. The average Bonchev–Trinajstić information content (AvgIpc) is 2.34. The van der Waals surface area contributed by atoms with Gasteiger partial charge in [-0.3, -0.25) is 0 Å². The van der Waals surface area contributed by atoms with Crippen LogP contribution in [-0.2, 0) is 9.53 Å². The molecule has 0 bridgehead atoms. The van der Waals surface area contributed by atoms with Crippen LogP contribution in [0.25, 0.3) is 0 Å². The summed E-state index contributed by atoms with van der Waals surface area (Å²) in [4.78, 5) is 24.7. The molecule has 1 rings (SSSR count). The van der Waals surface area contributed by atoms with Gasteiger partial charge in [-0.25, -0.2) is 9.10 Å². The quantitative estimate of drug-likeness (QED) is 0.586. The fourth-order valence-corrected chi connectivity index (χ4v) is 2.70. The number of hydrogen-bond donors (Lipinski definition) is 0. The Hall–Kier alpha value is -0.750. The van der Waals surface area contributed by atoms with E-state index in [9.17, 15) is 9.59 Å². The zero-order chi connectivity index (χ0) is 14.5. The number of rotatable bonds is 4. The maximum atomic E-state index is 12.0. The summed E-state index contributed by atoms with van der Waals surface area (Å²) in [7, 11) is 0. The van der Waals surface area contributed by atoms with Gasteiger partial charge in [-0.05, 0) is 27.2 Å². The van der Waals surface area contributed by atoms with Crippen molar-refractivity contribution in [3.8, 4) is 0 Å². The molecule has 0 saturated carbocycles. The first-order chi connectivity index (χ1) is 8.87. The van der Waals surface area contributed by atoms with Gasteiger partial charge in [-0.1, -0.05) is 18.9 Å². The summed E-state index contributed by atoms with van der Waals surface area (Å²) in [6, 6.07) is -0.238. The van der Waals surface area contributed by atoms with Crippen molar-refractivity contribution in [3.05, 3.63) is 0 Å². The monoisotopic (exact) mass is 288 g/mol. The smallest absolute Gasteiger partial charge is 0.410 e.